The Morgan fingerprint density at radius 3 is 2.05 bits per heavy atom. The number of esters is 1. The SMILES string of the molecule is CCCCCCCC[C@@H]1CC[C@H](CCCCCC(=O)OC)O1. The summed E-state index contributed by atoms with van der Waals surface area (Å²) < 4.78 is 10.8. The van der Waals surface area contributed by atoms with Crippen molar-refractivity contribution < 1.29 is 14.3 Å². The molecule has 1 heterocycles. The lowest BCUT2D eigenvalue weighted by Crippen LogP contribution is -2.11. The second-order valence-electron chi connectivity index (χ2n) is 6.69. The summed E-state index contributed by atoms with van der Waals surface area (Å²) in [5, 5.41) is 0. The zero-order chi connectivity index (χ0) is 16.0. The van der Waals surface area contributed by atoms with Crippen molar-refractivity contribution in [3.8, 4) is 0 Å². The van der Waals surface area contributed by atoms with Crippen LogP contribution in [0.3, 0.4) is 0 Å². The van der Waals surface area contributed by atoms with E-state index in [0.29, 0.717) is 18.6 Å². The lowest BCUT2D eigenvalue weighted by atomic mass is 10.0. The maximum atomic E-state index is 11.0. The Morgan fingerprint density at radius 2 is 1.45 bits per heavy atom. The van der Waals surface area contributed by atoms with Gasteiger partial charge in [0.2, 0.25) is 0 Å². The van der Waals surface area contributed by atoms with Crippen molar-refractivity contribution in [1.29, 1.82) is 0 Å². The van der Waals surface area contributed by atoms with Crippen LogP contribution in [0.1, 0.15) is 96.8 Å². The van der Waals surface area contributed by atoms with Crippen molar-refractivity contribution in [2.75, 3.05) is 7.11 Å². The van der Waals surface area contributed by atoms with E-state index in [9.17, 15) is 4.79 Å². The Kier molecular flexibility index (Phi) is 11.4. The average molecular weight is 312 g/mol. The predicted molar refractivity (Wildman–Crippen MR) is 91.0 cm³/mol. The van der Waals surface area contributed by atoms with Crippen LogP contribution in [0.2, 0.25) is 0 Å². The molecule has 0 aromatic carbocycles. The minimum absolute atomic E-state index is 0.0869. The van der Waals surface area contributed by atoms with Crippen molar-refractivity contribution in [3.05, 3.63) is 0 Å². The average Bonchev–Trinajstić information content (AvgIpc) is 2.98. The number of hydrogen-bond acceptors (Lipinski definition) is 3. The topological polar surface area (TPSA) is 35.5 Å². The highest BCUT2D eigenvalue weighted by Crippen LogP contribution is 2.27. The third-order valence-electron chi connectivity index (χ3n) is 4.71. The standard InChI is InChI=1S/C19H36O3/c1-3-4-5-6-7-9-12-17-15-16-18(22-17)13-10-8-11-14-19(20)21-2/h17-18H,3-16H2,1-2H3/t17-,18+/m1/s1. The molecule has 0 aromatic heterocycles. The Bertz CT molecular complexity index is 278. The molecule has 1 rings (SSSR count). The molecule has 0 radical (unpaired) electrons. The molecule has 0 N–H and O–H groups in total. The van der Waals surface area contributed by atoms with Gasteiger partial charge < -0.3 is 9.47 Å². The molecule has 1 saturated heterocycles. The van der Waals surface area contributed by atoms with Gasteiger partial charge in [0, 0.05) is 6.42 Å². The molecule has 2 atom stereocenters. The van der Waals surface area contributed by atoms with Gasteiger partial charge in [-0.3, -0.25) is 4.79 Å². The van der Waals surface area contributed by atoms with Crippen molar-refractivity contribution in [2.24, 2.45) is 0 Å². The highest BCUT2D eigenvalue weighted by atomic mass is 16.5. The van der Waals surface area contributed by atoms with E-state index in [1.807, 2.05) is 0 Å². The minimum Gasteiger partial charge on any atom is -0.469 e. The van der Waals surface area contributed by atoms with Crippen LogP contribution < -0.4 is 0 Å². The molecular formula is C19H36O3. The van der Waals surface area contributed by atoms with E-state index in [1.165, 1.54) is 71.3 Å². The fraction of sp³-hybridized carbons (Fsp3) is 0.947. The highest BCUT2D eigenvalue weighted by molar-refractivity contribution is 5.68. The van der Waals surface area contributed by atoms with Gasteiger partial charge in [-0.1, -0.05) is 58.3 Å². The maximum Gasteiger partial charge on any atom is 0.305 e. The van der Waals surface area contributed by atoms with Crippen molar-refractivity contribution in [1.82, 2.24) is 0 Å². The number of ether oxygens (including phenoxy) is 2. The quantitative estimate of drug-likeness (QED) is 0.337. The second kappa shape index (κ2) is 12.9. The molecule has 1 aliphatic heterocycles. The van der Waals surface area contributed by atoms with Gasteiger partial charge in [0.05, 0.1) is 19.3 Å². The van der Waals surface area contributed by atoms with E-state index in [0.717, 1.165) is 19.3 Å². The number of rotatable bonds is 13. The molecule has 0 aromatic rings. The van der Waals surface area contributed by atoms with Crippen molar-refractivity contribution >= 4 is 5.97 Å². The summed E-state index contributed by atoms with van der Waals surface area (Å²) in [6, 6.07) is 0. The van der Waals surface area contributed by atoms with Gasteiger partial charge in [0.15, 0.2) is 0 Å². The molecule has 130 valence electrons. The van der Waals surface area contributed by atoms with E-state index in [4.69, 9.17) is 4.74 Å². The van der Waals surface area contributed by atoms with Crippen LogP contribution in [0.25, 0.3) is 0 Å². The number of unbranched alkanes of at least 4 members (excludes halogenated alkanes) is 7. The Morgan fingerprint density at radius 1 is 0.909 bits per heavy atom. The molecule has 22 heavy (non-hydrogen) atoms. The third kappa shape index (κ3) is 9.45. The lowest BCUT2D eigenvalue weighted by molar-refractivity contribution is -0.140. The molecule has 0 amide bonds. The Balaban J connectivity index is 1.91. The number of carbonyl (C=O) groups excluding carboxylic acids is 1. The van der Waals surface area contributed by atoms with E-state index >= 15 is 0 Å². The molecule has 0 bridgehead atoms. The van der Waals surface area contributed by atoms with Crippen molar-refractivity contribution in [2.45, 2.75) is 109 Å². The predicted octanol–water partition coefficient (Wildman–Crippen LogP) is 5.41. The molecule has 0 aliphatic carbocycles. The zero-order valence-electron chi connectivity index (χ0n) is 14.8. The van der Waals surface area contributed by atoms with Crippen LogP contribution in [-0.4, -0.2) is 25.3 Å². The number of methoxy groups -OCH3 is 1. The minimum atomic E-state index is -0.0869. The highest BCUT2D eigenvalue weighted by Gasteiger charge is 2.24. The largest absolute Gasteiger partial charge is 0.469 e. The normalized spacial score (nSPS) is 21.2. The van der Waals surface area contributed by atoms with Gasteiger partial charge in [-0.2, -0.15) is 0 Å². The number of carbonyl (C=O) groups is 1. The number of hydrogen-bond donors (Lipinski definition) is 0. The van der Waals surface area contributed by atoms with Crippen LogP contribution in [0.5, 0.6) is 0 Å². The molecule has 0 spiro atoms. The third-order valence-corrected chi connectivity index (χ3v) is 4.71. The van der Waals surface area contributed by atoms with Crippen molar-refractivity contribution in [3.63, 3.8) is 0 Å². The summed E-state index contributed by atoms with van der Waals surface area (Å²) in [6.45, 7) is 2.27. The molecule has 0 saturated carbocycles. The molecule has 0 unspecified atom stereocenters. The van der Waals surface area contributed by atoms with Gasteiger partial charge in [-0.25, -0.2) is 0 Å². The maximum absolute atomic E-state index is 11.0. The van der Waals surface area contributed by atoms with E-state index < -0.39 is 0 Å². The first-order chi connectivity index (χ1) is 10.8. The van der Waals surface area contributed by atoms with Gasteiger partial charge in [0.1, 0.15) is 0 Å². The smallest absolute Gasteiger partial charge is 0.305 e. The lowest BCUT2D eigenvalue weighted by Gasteiger charge is -2.13. The van der Waals surface area contributed by atoms with Crippen LogP contribution in [0.15, 0.2) is 0 Å². The molecule has 1 aliphatic rings. The second-order valence-corrected chi connectivity index (χ2v) is 6.69. The van der Waals surface area contributed by atoms with E-state index in [1.54, 1.807) is 0 Å². The summed E-state index contributed by atoms with van der Waals surface area (Å²) in [5.74, 6) is -0.0869. The van der Waals surface area contributed by atoms with Gasteiger partial charge in [0.25, 0.3) is 0 Å². The summed E-state index contributed by atoms with van der Waals surface area (Å²) in [5.41, 5.74) is 0. The first kappa shape index (κ1) is 19.5. The van der Waals surface area contributed by atoms with Crippen LogP contribution >= 0.6 is 0 Å². The summed E-state index contributed by atoms with van der Waals surface area (Å²) in [4.78, 5) is 11.0. The van der Waals surface area contributed by atoms with Crippen LogP contribution in [0.4, 0.5) is 0 Å². The first-order valence-electron chi connectivity index (χ1n) is 9.48. The van der Waals surface area contributed by atoms with E-state index in [2.05, 4.69) is 11.7 Å². The molecule has 3 heteroatoms. The first-order valence-corrected chi connectivity index (χ1v) is 9.48. The monoisotopic (exact) mass is 312 g/mol. The fourth-order valence-corrected chi connectivity index (χ4v) is 3.28. The zero-order valence-corrected chi connectivity index (χ0v) is 14.8. The molecule has 1 fully saturated rings. The summed E-state index contributed by atoms with van der Waals surface area (Å²) in [7, 11) is 1.46. The summed E-state index contributed by atoms with van der Waals surface area (Å²) in [6.07, 6.45) is 17.9. The van der Waals surface area contributed by atoms with Gasteiger partial charge in [-0.15, -0.1) is 0 Å². The van der Waals surface area contributed by atoms with Crippen LogP contribution in [-0.2, 0) is 14.3 Å². The Labute approximate surface area is 137 Å². The molecule has 3 nitrogen and oxygen atoms in total. The van der Waals surface area contributed by atoms with E-state index in [-0.39, 0.29) is 5.97 Å². The fourth-order valence-electron chi connectivity index (χ4n) is 3.28. The van der Waals surface area contributed by atoms with Gasteiger partial charge >= 0.3 is 5.97 Å². The summed E-state index contributed by atoms with van der Waals surface area (Å²) >= 11 is 0. The molecular weight excluding hydrogens is 276 g/mol. The van der Waals surface area contributed by atoms with Crippen LogP contribution in [0, 0.1) is 0 Å². The van der Waals surface area contributed by atoms with Gasteiger partial charge in [-0.05, 0) is 32.1 Å². The Hall–Kier alpha value is -0.570.